The molecule has 26 heavy (non-hydrogen) atoms. The van der Waals surface area contributed by atoms with Gasteiger partial charge in [0, 0.05) is 37.1 Å². The predicted molar refractivity (Wildman–Crippen MR) is 100 cm³/mol. The highest BCUT2D eigenvalue weighted by Gasteiger charge is 2.48. The number of hydrogen-bond acceptors (Lipinski definition) is 4. The smallest absolute Gasteiger partial charge is 0.223 e. The third-order valence-corrected chi connectivity index (χ3v) is 6.50. The number of carbonyl (C=O) groups is 1. The topological polar surface area (TPSA) is 53.0 Å². The number of piperidine rings is 3. The lowest BCUT2D eigenvalue weighted by Crippen LogP contribution is -2.66. The average molecular weight is 379 g/mol. The molecule has 3 aliphatic rings. The molecule has 0 aromatic heterocycles. The van der Waals surface area contributed by atoms with Gasteiger partial charge in [0.25, 0.3) is 0 Å². The van der Waals surface area contributed by atoms with E-state index in [1.54, 1.807) is 0 Å². The number of rotatable bonds is 5. The fraction of sp³-hybridized carbons (Fsp3) is 0.650. The van der Waals surface area contributed by atoms with Gasteiger partial charge in [-0.25, -0.2) is 0 Å². The highest BCUT2D eigenvalue weighted by molar-refractivity contribution is 6.30. The lowest BCUT2D eigenvalue weighted by atomic mass is 9.72. The molecule has 0 saturated carbocycles. The number of aliphatic hydroxyl groups is 1. The van der Waals surface area contributed by atoms with Crippen molar-refractivity contribution in [3.8, 4) is 5.75 Å². The minimum Gasteiger partial charge on any atom is -0.492 e. The van der Waals surface area contributed by atoms with Gasteiger partial charge in [-0.15, -0.1) is 0 Å². The standard InChI is InChI=1S/C20H27ClN2O3/c21-16-4-6-17(7-5-16)26-9-8-22-11-14-10-15(12-22)19(13-24)23-18(14)2-1-3-20(23)25/h4-7,14-15,18-19,24H,1-3,8-13H2/t14-,15+,18+,19+/m1/s1. The Bertz CT molecular complexity index is 624. The summed E-state index contributed by atoms with van der Waals surface area (Å²) in [7, 11) is 0. The van der Waals surface area contributed by atoms with E-state index in [0.29, 0.717) is 35.9 Å². The van der Waals surface area contributed by atoms with Crippen LogP contribution in [0.2, 0.25) is 5.02 Å². The van der Waals surface area contributed by atoms with Crippen LogP contribution in [0.1, 0.15) is 25.7 Å². The number of halogens is 1. The number of carbonyl (C=O) groups excluding carboxylic acids is 1. The number of amides is 1. The lowest BCUT2D eigenvalue weighted by molar-refractivity contribution is -0.155. The zero-order valence-corrected chi connectivity index (χ0v) is 15.8. The van der Waals surface area contributed by atoms with E-state index >= 15 is 0 Å². The number of hydrogen-bond donors (Lipinski definition) is 1. The van der Waals surface area contributed by atoms with E-state index in [9.17, 15) is 9.90 Å². The monoisotopic (exact) mass is 378 g/mol. The van der Waals surface area contributed by atoms with Crippen LogP contribution in [0.5, 0.6) is 5.75 Å². The summed E-state index contributed by atoms with van der Waals surface area (Å²) >= 11 is 5.90. The van der Waals surface area contributed by atoms with Gasteiger partial charge < -0.3 is 14.7 Å². The second-order valence-corrected chi connectivity index (χ2v) is 8.26. The van der Waals surface area contributed by atoms with E-state index in [1.165, 1.54) is 0 Å². The van der Waals surface area contributed by atoms with Crippen LogP contribution in [0.3, 0.4) is 0 Å². The Hall–Kier alpha value is -1.30. The van der Waals surface area contributed by atoms with E-state index in [2.05, 4.69) is 4.90 Å². The van der Waals surface area contributed by atoms with Gasteiger partial charge in [0.2, 0.25) is 5.91 Å². The van der Waals surface area contributed by atoms with Crippen LogP contribution < -0.4 is 4.74 Å². The summed E-state index contributed by atoms with van der Waals surface area (Å²) in [5, 5.41) is 10.7. The number of fused-ring (bicyclic) bond motifs is 4. The van der Waals surface area contributed by atoms with Crippen molar-refractivity contribution in [2.24, 2.45) is 11.8 Å². The van der Waals surface area contributed by atoms with Crippen molar-refractivity contribution in [1.29, 1.82) is 0 Å². The highest BCUT2D eigenvalue weighted by atomic mass is 35.5. The maximum atomic E-state index is 12.4. The maximum absolute atomic E-state index is 12.4. The van der Waals surface area contributed by atoms with E-state index < -0.39 is 0 Å². The van der Waals surface area contributed by atoms with Crippen LogP contribution >= 0.6 is 11.6 Å². The van der Waals surface area contributed by atoms with Crippen molar-refractivity contribution in [3.05, 3.63) is 29.3 Å². The molecule has 3 aliphatic heterocycles. The summed E-state index contributed by atoms with van der Waals surface area (Å²) in [6.45, 7) is 3.54. The number of ether oxygens (including phenoxy) is 1. The fourth-order valence-corrected chi connectivity index (χ4v) is 5.24. The highest BCUT2D eigenvalue weighted by Crippen LogP contribution is 2.41. The molecule has 1 N–H and O–H groups in total. The second kappa shape index (κ2) is 7.75. The van der Waals surface area contributed by atoms with E-state index in [4.69, 9.17) is 16.3 Å². The summed E-state index contributed by atoms with van der Waals surface area (Å²) in [5.41, 5.74) is 0. The Morgan fingerprint density at radius 3 is 2.73 bits per heavy atom. The van der Waals surface area contributed by atoms with Crippen LogP contribution in [0.15, 0.2) is 24.3 Å². The van der Waals surface area contributed by atoms with E-state index in [1.807, 2.05) is 29.2 Å². The molecule has 0 spiro atoms. The molecular formula is C20H27ClN2O3. The Morgan fingerprint density at radius 1 is 1.19 bits per heavy atom. The van der Waals surface area contributed by atoms with Crippen molar-refractivity contribution in [1.82, 2.24) is 9.80 Å². The zero-order chi connectivity index (χ0) is 18.1. The first-order valence-corrected chi connectivity index (χ1v) is 10.1. The summed E-state index contributed by atoms with van der Waals surface area (Å²) in [6, 6.07) is 7.75. The third kappa shape index (κ3) is 3.57. The quantitative estimate of drug-likeness (QED) is 0.854. The fourth-order valence-electron chi connectivity index (χ4n) is 5.11. The average Bonchev–Trinajstić information content (AvgIpc) is 2.64. The molecule has 4 rings (SSSR count). The van der Waals surface area contributed by atoms with Gasteiger partial charge in [-0.05, 0) is 55.4 Å². The number of likely N-dealkylation sites (tertiary alicyclic amines) is 1. The summed E-state index contributed by atoms with van der Waals surface area (Å²) in [4.78, 5) is 16.9. The molecule has 4 atom stereocenters. The SMILES string of the molecule is O=C1CCC[C@H]2[C@@H]3C[C@@H](CN(CCOc4ccc(Cl)cc4)C3)[C@H](CO)N12. The lowest BCUT2D eigenvalue weighted by Gasteiger charge is -2.56. The van der Waals surface area contributed by atoms with Crippen molar-refractivity contribution >= 4 is 17.5 Å². The Balaban J connectivity index is 1.37. The molecule has 142 valence electrons. The first kappa shape index (κ1) is 18.1. The van der Waals surface area contributed by atoms with Crippen molar-refractivity contribution in [2.75, 3.05) is 32.8 Å². The molecule has 1 amide bonds. The van der Waals surface area contributed by atoms with E-state index in [-0.39, 0.29) is 18.6 Å². The summed E-state index contributed by atoms with van der Waals surface area (Å²) in [5.74, 6) is 1.97. The normalized spacial score (nSPS) is 31.6. The molecule has 6 heteroatoms. The molecule has 2 bridgehead atoms. The first-order chi connectivity index (χ1) is 12.7. The molecule has 5 nitrogen and oxygen atoms in total. The van der Waals surface area contributed by atoms with Gasteiger partial charge in [-0.3, -0.25) is 9.69 Å². The van der Waals surface area contributed by atoms with Gasteiger partial charge >= 0.3 is 0 Å². The van der Waals surface area contributed by atoms with Crippen molar-refractivity contribution in [3.63, 3.8) is 0 Å². The van der Waals surface area contributed by atoms with Crippen LogP contribution in [-0.4, -0.2) is 65.7 Å². The van der Waals surface area contributed by atoms with Gasteiger partial charge in [0.1, 0.15) is 12.4 Å². The largest absolute Gasteiger partial charge is 0.492 e. The molecule has 0 unspecified atom stereocenters. The summed E-state index contributed by atoms with van der Waals surface area (Å²) < 4.78 is 5.85. The van der Waals surface area contributed by atoms with Gasteiger partial charge in [-0.1, -0.05) is 11.6 Å². The molecule has 1 aromatic carbocycles. The van der Waals surface area contributed by atoms with Crippen LogP contribution in [0, 0.1) is 11.8 Å². The number of nitrogens with zero attached hydrogens (tertiary/aromatic N) is 2. The van der Waals surface area contributed by atoms with Crippen molar-refractivity contribution in [2.45, 2.75) is 37.8 Å². The second-order valence-electron chi connectivity index (χ2n) is 7.83. The zero-order valence-electron chi connectivity index (χ0n) is 15.0. The molecule has 1 aromatic rings. The summed E-state index contributed by atoms with van der Waals surface area (Å²) in [6.07, 6.45) is 3.84. The molecule has 0 aliphatic carbocycles. The Morgan fingerprint density at radius 2 is 1.96 bits per heavy atom. The molecular weight excluding hydrogens is 352 g/mol. The third-order valence-electron chi connectivity index (χ3n) is 6.25. The number of benzene rings is 1. The molecule has 0 radical (unpaired) electrons. The Labute approximate surface area is 159 Å². The first-order valence-electron chi connectivity index (χ1n) is 9.68. The maximum Gasteiger partial charge on any atom is 0.223 e. The van der Waals surface area contributed by atoms with Gasteiger partial charge in [0.15, 0.2) is 0 Å². The minimum absolute atomic E-state index is 0.0102. The molecule has 3 fully saturated rings. The van der Waals surface area contributed by atoms with Crippen LogP contribution in [0.4, 0.5) is 0 Å². The van der Waals surface area contributed by atoms with E-state index in [0.717, 1.165) is 44.6 Å². The predicted octanol–water partition coefficient (Wildman–Crippen LogP) is 2.41. The van der Waals surface area contributed by atoms with Gasteiger partial charge in [-0.2, -0.15) is 0 Å². The number of aliphatic hydroxyl groups excluding tert-OH is 1. The minimum atomic E-state index is -0.0102. The molecule has 3 saturated heterocycles. The van der Waals surface area contributed by atoms with Crippen molar-refractivity contribution < 1.29 is 14.6 Å². The van der Waals surface area contributed by atoms with Gasteiger partial charge in [0.05, 0.1) is 12.6 Å². The Kier molecular flexibility index (Phi) is 5.39. The molecule has 3 heterocycles. The van der Waals surface area contributed by atoms with Crippen LogP contribution in [0.25, 0.3) is 0 Å². The van der Waals surface area contributed by atoms with Crippen LogP contribution in [-0.2, 0) is 4.79 Å².